The Bertz CT molecular complexity index is 238. The fourth-order valence-corrected chi connectivity index (χ4v) is 1.06. The summed E-state index contributed by atoms with van der Waals surface area (Å²) < 4.78 is 11.4. The Morgan fingerprint density at radius 1 is 1.24 bits per heavy atom. The van der Waals surface area contributed by atoms with Crippen LogP contribution in [0.4, 0.5) is 0 Å². The van der Waals surface area contributed by atoms with E-state index in [2.05, 4.69) is 4.74 Å². The maximum absolute atomic E-state index is 11.0. The quantitative estimate of drug-likeness (QED) is 0.310. The van der Waals surface area contributed by atoms with E-state index in [0.717, 1.165) is 0 Å². The van der Waals surface area contributed by atoms with Gasteiger partial charge in [0, 0.05) is 7.79 Å². The maximum atomic E-state index is 11.0. The van der Waals surface area contributed by atoms with Crippen molar-refractivity contribution in [2.75, 3.05) is 13.2 Å². The van der Waals surface area contributed by atoms with Gasteiger partial charge in [0.15, 0.2) is 0 Å². The first-order valence-corrected chi connectivity index (χ1v) is 5.22. The highest BCUT2D eigenvalue weighted by atomic mass is 16.5. The molecule has 0 aromatic carbocycles. The number of carbonyl (C=O) groups excluding carboxylic acids is 1. The van der Waals surface area contributed by atoms with E-state index in [0.29, 0.717) is 6.42 Å². The van der Waals surface area contributed by atoms with Gasteiger partial charge in [-0.1, -0.05) is 6.90 Å². The lowest BCUT2D eigenvalue weighted by Gasteiger charge is -2.25. The van der Waals surface area contributed by atoms with Gasteiger partial charge in [-0.15, -0.1) is 0 Å². The third kappa shape index (κ3) is 5.94. The molecule has 7 nitrogen and oxygen atoms in total. The molecule has 0 aliphatic rings. The van der Waals surface area contributed by atoms with Crippen molar-refractivity contribution in [2.24, 2.45) is 0 Å². The molecule has 4 atom stereocenters. The van der Waals surface area contributed by atoms with Gasteiger partial charge in [-0.3, -0.25) is 4.79 Å². The standard InChI is InChI=1S/C10H20O7/c1-2-3-8(14)17-5-7(13)10(16)9(15)6(12)4-11/h6-7,9-13,15-16H,2-5H2,1H3/t6-,7+,9+,10+/m0/s1/i1D. The monoisotopic (exact) mass is 253 g/mol. The van der Waals surface area contributed by atoms with Crippen molar-refractivity contribution in [3.05, 3.63) is 0 Å². The molecular formula is C10H20O7. The van der Waals surface area contributed by atoms with Crippen LogP contribution in [0.1, 0.15) is 21.1 Å². The van der Waals surface area contributed by atoms with Gasteiger partial charge in [0.05, 0.1) is 6.61 Å². The van der Waals surface area contributed by atoms with E-state index < -0.39 is 43.6 Å². The van der Waals surface area contributed by atoms with Gasteiger partial charge < -0.3 is 30.3 Å². The summed E-state index contributed by atoms with van der Waals surface area (Å²) in [5, 5.41) is 45.6. The largest absolute Gasteiger partial charge is 0.463 e. The van der Waals surface area contributed by atoms with E-state index in [4.69, 9.17) is 11.6 Å². The summed E-state index contributed by atoms with van der Waals surface area (Å²) in [6, 6.07) is 0. The summed E-state index contributed by atoms with van der Waals surface area (Å²) in [7, 11) is 0. The molecule has 0 fully saturated rings. The second-order valence-electron chi connectivity index (χ2n) is 3.59. The smallest absolute Gasteiger partial charge is 0.305 e. The van der Waals surface area contributed by atoms with Crippen molar-refractivity contribution < 1.29 is 36.4 Å². The molecule has 0 heterocycles. The zero-order valence-corrected chi connectivity index (χ0v) is 9.40. The Balaban J connectivity index is 4.00. The molecule has 0 radical (unpaired) electrons. The number of carbonyl (C=O) groups is 1. The van der Waals surface area contributed by atoms with Crippen molar-refractivity contribution >= 4 is 5.97 Å². The number of ether oxygens (including phenoxy) is 1. The van der Waals surface area contributed by atoms with Crippen LogP contribution in [0.5, 0.6) is 0 Å². The highest BCUT2D eigenvalue weighted by molar-refractivity contribution is 5.69. The number of esters is 1. The Kier molecular flexibility index (Phi) is 7.06. The van der Waals surface area contributed by atoms with Crippen LogP contribution < -0.4 is 0 Å². The summed E-state index contributed by atoms with van der Waals surface area (Å²) in [4.78, 5) is 11.0. The van der Waals surface area contributed by atoms with Gasteiger partial charge in [0.25, 0.3) is 0 Å². The van der Waals surface area contributed by atoms with Crippen LogP contribution in [0.25, 0.3) is 0 Å². The minimum absolute atomic E-state index is 0.0358. The lowest BCUT2D eigenvalue weighted by Crippen LogP contribution is -2.47. The van der Waals surface area contributed by atoms with E-state index in [1.165, 1.54) is 0 Å². The van der Waals surface area contributed by atoms with Crippen molar-refractivity contribution in [3.63, 3.8) is 0 Å². The Morgan fingerprint density at radius 2 is 1.82 bits per heavy atom. The van der Waals surface area contributed by atoms with Gasteiger partial charge in [-0.25, -0.2) is 0 Å². The molecule has 0 saturated carbocycles. The SMILES string of the molecule is [2H]CCCC(=O)OC[C@@H](O)[C@@H](O)[C@H](O)[C@@H](O)CO. The minimum Gasteiger partial charge on any atom is -0.463 e. The van der Waals surface area contributed by atoms with Crippen LogP contribution in [0, 0.1) is 0 Å². The molecule has 0 rings (SSSR count). The maximum Gasteiger partial charge on any atom is 0.305 e. The molecule has 0 aromatic rings. The lowest BCUT2D eigenvalue weighted by molar-refractivity contribution is -0.156. The summed E-state index contributed by atoms with van der Waals surface area (Å²) in [5.74, 6) is -0.620. The summed E-state index contributed by atoms with van der Waals surface area (Å²) >= 11 is 0. The molecule has 0 unspecified atom stereocenters. The molecule has 0 amide bonds. The first kappa shape index (κ1) is 14.3. The van der Waals surface area contributed by atoms with Crippen LogP contribution in [-0.2, 0) is 9.53 Å². The first-order chi connectivity index (χ1) is 8.43. The number of aliphatic hydroxyl groups is 5. The van der Waals surface area contributed by atoms with Crippen LogP contribution in [0.3, 0.4) is 0 Å². The molecule has 0 saturated heterocycles. The highest BCUT2D eigenvalue weighted by Crippen LogP contribution is 2.06. The lowest BCUT2D eigenvalue weighted by atomic mass is 10.0. The average molecular weight is 253 g/mol. The second kappa shape index (κ2) is 8.37. The molecule has 17 heavy (non-hydrogen) atoms. The van der Waals surface area contributed by atoms with Crippen molar-refractivity contribution in [3.8, 4) is 0 Å². The van der Waals surface area contributed by atoms with Gasteiger partial charge in [0.2, 0.25) is 0 Å². The third-order valence-corrected chi connectivity index (χ3v) is 2.12. The molecule has 0 spiro atoms. The molecule has 0 bridgehead atoms. The number of hydrogen-bond donors (Lipinski definition) is 5. The number of aliphatic hydroxyl groups excluding tert-OH is 5. The van der Waals surface area contributed by atoms with Gasteiger partial charge >= 0.3 is 5.97 Å². The predicted octanol–water partition coefficient (Wildman–Crippen LogP) is -2.23. The molecule has 102 valence electrons. The van der Waals surface area contributed by atoms with Crippen LogP contribution >= 0.6 is 0 Å². The summed E-state index contributed by atoms with van der Waals surface area (Å²) in [6.45, 7) is -1.22. The first-order valence-electron chi connectivity index (χ1n) is 5.92. The minimum atomic E-state index is -1.74. The van der Waals surface area contributed by atoms with Gasteiger partial charge in [-0.2, -0.15) is 0 Å². The predicted molar refractivity (Wildman–Crippen MR) is 57.0 cm³/mol. The van der Waals surface area contributed by atoms with Crippen molar-refractivity contribution in [2.45, 2.75) is 44.2 Å². The van der Waals surface area contributed by atoms with E-state index in [1.807, 2.05) is 0 Å². The molecule has 0 aromatic heterocycles. The van der Waals surface area contributed by atoms with E-state index in [9.17, 15) is 20.1 Å². The molecule has 5 N–H and O–H groups in total. The third-order valence-electron chi connectivity index (χ3n) is 2.12. The van der Waals surface area contributed by atoms with Crippen molar-refractivity contribution in [1.82, 2.24) is 0 Å². The van der Waals surface area contributed by atoms with Gasteiger partial charge in [-0.05, 0) is 6.42 Å². The van der Waals surface area contributed by atoms with E-state index in [-0.39, 0.29) is 13.3 Å². The zero-order valence-electron chi connectivity index (χ0n) is 10.4. The van der Waals surface area contributed by atoms with Crippen LogP contribution in [0.15, 0.2) is 0 Å². The summed E-state index contributed by atoms with van der Waals surface area (Å²) in [5.41, 5.74) is 0. The molecule has 0 aliphatic heterocycles. The fraction of sp³-hybridized carbons (Fsp3) is 0.900. The summed E-state index contributed by atoms with van der Waals surface area (Å²) in [6.07, 6.45) is -6.26. The topological polar surface area (TPSA) is 127 Å². The zero-order chi connectivity index (χ0) is 14.1. The normalized spacial score (nSPS) is 19.0. The van der Waals surface area contributed by atoms with Crippen LogP contribution in [0.2, 0.25) is 0 Å². The highest BCUT2D eigenvalue weighted by Gasteiger charge is 2.30. The fourth-order valence-electron chi connectivity index (χ4n) is 1.06. The number of hydrogen-bond acceptors (Lipinski definition) is 7. The molecular weight excluding hydrogens is 232 g/mol. The van der Waals surface area contributed by atoms with Gasteiger partial charge in [0.1, 0.15) is 31.0 Å². The second-order valence-corrected chi connectivity index (χ2v) is 3.59. The Hall–Kier alpha value is -0.730. The molecule has 0 aliphatic carbocycles. The Morgan fingerprint density at radius 3 is 2.35 bits per heavy atom. The Labute approximate surface area is 101 Å². The van der Waals surface area contributed by atoms with E-state index >= 15 is 0 Å². The van der Waals surface area contributed by atoms with Crippen molar-refractivity contribution in [1.29, 1.82) is 0 Å². The van der Waals surface area contributed by atoms with Crippen LogP contribution in [-0.4, -0.2) is 69.1 Å². The molecule has 7 heteroatoms. The average Bonchev–Trinajstić information content (AvgIpc) is 2.39. The van der Waals surface area contributed by atoms with E-state index in [1.54, 1.807) is 0 Å². The number of rotatable bonds is 8.